The van der Waals surface area contributed by atoms with E-state index in [1.165, 1.54) is 6.08 Å². The second-order valence-electron chi connectivity index (χ2n) is 4.05. The third kappa shape index (κ3) is 5.17. The zero-order valence-corrected chi connectivity index (χ0v) is 9.28. The molecule has 15 heavy (non-hydrogen) atoms. The van der Waals surface area contributed by atoms with Crippen LogP contribution in [0, 0.1) is 5.92 Å². The average molecular weight is 215 g/mol. The van der Waals surface area contributed by atoms with Crippen LogP contribution in [0.5, 0.6) is 0 Å². The molecule has 0 aliphatic heterocycles. The lowest BCUT2D eigenvalue weighted by Crippen LogP contribution is -2.34. The number of ether oxygens (including phenoxy) is 1. The van der Waals surface area contributed by atoms with Crippen molar-refractivity contribution in [2.75, 3.05) is 0 Å². The normalized spacial score (nSPS) is 12.8. The van der Waals surface area contributed by atoms with Gasteiger partial charge in [-0.1, -0.05) is 6.08 Å². The highest BCUT2D eigenvalue weighted by atomic mass is 16.7. The number of hydrogen-bond donors (Lipinski definition) is 1. The monoisotopic (exact) mass is 215 g/mol. The molecule has 0 bridgehead atoms. The van der Waals surface area contributed by atoms with Crippen molar-refractivity contribution in [3.8, 4) is 0 Å². The van der Waals surface area contributed by atoms with Crippen LogP contribution < -0.4 is 5.90 Å². The maximum atomic E-state index is 11.5. The predicted octanol–water partition coefficient (Wildman–Crippen LogP) is 0.937. The second-order valence-corrected chi connectivity index (χ2v) is 4.05. The van der Waals surface area contributed by atoms with Gasteiger partial charge in [-0.15, -0.1) is 6.58 Å². The largest absolute Gasteiger partial charge is 0.459 e. The molecule has 0 heterocycles. The van der Waals surface area contributed by atoms with Gasteiger partial charge in [0.05, 0.1) is 0 Å². The quantitative estimate of drug-likeness (QED) is 0.327. The minimum Gasteiger partial charge on any atom is -0.459 e. The summed E-state index contributed by atoms with van der Waals surface area (Å²) in [7, 11) is 0. The van der Waals surface area contributed by atoms with Gasteiger partial charge in [0.2, 0.25) is 0 Å². The molecule has 86 valence electrons. The lowest BCUT2D eigenvalue weighted by Gasteiger charge is -2.22. The van der Waals surface area contributed by atoms with Gasteiger partial charge < -0.3 is 9.57 Å². The van der Waals surface area contributed by atoms with Crippen molar-refractivity contribution >= 4 is 11.9 Å². The maximum Gasteiger partial charge on any atom is 0.339 e. The summed E-state index contributed by atoms with van der Waals surface area (Å²) in [4.78, 5) is 26.7. The van der Waals surface area contributed by atoms with Crippen LogP contribution in [0.15, 0.2) is 12.7 Å². The molecular formula is C10H17NO4. The number of esters is 1. The Morgan fingerprint density at radius 2 is 1.93 bits per heavy atom. The second kappa shape index (κ2) is 5.50. The van der Waals surface area contributed by atoms with Crippen molar-refractivity contribution < 1.29 is 19.2 Å². The third-order valence-electron chi connectivity index (χ3n) is 1.49. The van der Waals surface area contributed by atoms with Gasteiger partial charge in [-0.2, -0.15) is 5.90 Å². The number of nitrogens with two attached hydrogens (primary N) is 1. The van der Waals surface area contributed by atoms with Crippen LogP contribution in [-0.2, 0) is 19.2 Å². The molecule has 0 aromatic rings. The van der Waals surface area contributed by atoms with E-state index in [0.29, 0.717) is 0 Å². The fourth-order valence-corrected chi connectivity index (χ4v) is 0.910. The first kappa shape index (κ1) is 13.6. The van der Waals surface area contributed by atoms with Gasteiger partial charge in [0.1, 0.15) is 5.60 Å². The molecule has 5 nitrogen and oxygen atoms in total. The summed E-state index contributed by atoms with van der Waals surface area (Å²) in [5.41, 5.74) is -0.647. The van der Waals surface area contributed by atoms with Crippen LogP contribution in [-0.4, -0.2) is 17.5 Å². The third-order valence-corrected chi connectivity index (χ3v) is 1.49. The lowest BCUT2D eigenvalue weighted by atomic mass is 10.1. The van der Waals surface area contributed by atoms with Crippen molar-refractivity contribution in [1.29, 1.82) is 0 Å². The van der Waals surface area contributed by atoms with Gasteiger partial charge in [0.25, 0.3) is 0 Å². The molecule has 5 heteroatoms. The van der Waals surface area contributed by atoms with Gasteiger partial charge in [-0.3, -0.25) is 4.79 Å². The van der Waals surface area contributed by atoms with E-state index in [0.717, 1.165) is 0 Å². The van der Waals surface area contributed by atoms with Crippen LogP contribution in [0.2, 0.25) is 0 Å². The number of carbonyl (C=O) groups is 2. The zero-order valence-electron chi connectivity index (χ0n) is 9.28. The Labute approximate surface area is 89.2 Å². The molecule has 0 spiro atoms. The van der Waals surface area contributed by atoms with E-state index >= 15 is 0 Å². The number of carbonyl (C=O) groups excluding carboxylic acids is 2. The Morgan fingerprint density at radius 3 is 2.27 bits per heavy atom. The summed E-state index contributed by atoms with van der Waals surface area (Å²) in [6, 6.07) is 0. The molecule has 0 radical (unpaired) electrons. The van der Waals surface area contributed by atoms with Crippen molar-refractivity contribution in [2.45, 2.75) is 32.8 Å². The highest BCUT2D eigenvalue weighted by molar-refractivity contribution is 5.95. The van der Waals surface area contributed by atoms with Crippen LogP contribution in [0.25, 0.3) is 0 Å². The van der Waals surface area contributed by atoms with E-state index in [9.17, 15) is 9.59 Å². The standard InChI is InChI=1S/C10H17NO4/c1-5-6-7(9(13)15-11)8(12)14-10(2,3)4/h5,7H,1,6,11H2,2-4H3. The lowest BCUT2D eigenvalue weighted by molar-refractivity contribution is -0.169. The molecule has 2 N–H and O–H groups in total. The molecule has 0 saturated heterocycles. The first-order valence-electron chi connectivity index (χ1n) is 4.56. The van der Waals surface area contributed by atoms with E-state index in [2.05, 4.69) is 11.4 Å². The van der Waals surface area contributed by atoms with Gasteiger partial charge in [0.15, 0.2) is 5.92 Å². The molecule has 0 amide bonds. The Balaban J connectivity index is 4.56. The SMILES string of the molecule is C=CCC(C(=O)ON)C(=O)OC(C)(C)C. The molecule has 0 aliphatic carbocycles. The summed E-state index contributed by atoms with van der Waals surface area (Å²) in [6.45, 7) is 8.58. The maximum absolute atomic E-state index is 11.5. The van der Waals surface area contributed by atoms with E-state index in [1.807, 2.05) is 0 Å². The van der Waals surface area contributed by atoms with Crippen LogP contribution in [0.1, 0.15) is 27.2 Å². The first-order valence-corrected chi connectivity index (χ1v) is 4.56. The highest BCUT2D eigenvalue weighted by Gasteiger charge is 2.31. The molecule has 0 aliphatic rings. The van der Waals surface area contributed by atoms with Gasteiger partial charge in [-0.05, 0) is 27.2 Å². The summed E-state index contributed by atoms with van der Waals surface area (Å²) >= 11 is 0. The fraction of sp³-hybridized carbons (Fsp3) is 0.600. The Bertz CT molecular complexity index is 255. The zero-order chi connectivity index (χ0) is 12.1. The van der Waals surface area contributed by atoms with Crippen molar-refractivity contribution in [1.82, 2.24) is 0 Å². The predicted molar refractivity (Wildman–Crippen MR) is 54.4 cm³/mol. The molecule has 1 atom stereocenters. The molecule has 0 rings (SSSR count). The number of hydrogen-bond acceptors (Lipinski definition) is 5. The minimum atomic E-state index is -1.04. The summed E-state index contributed by atoms with van der Waals surface area (Å²) < 4.78 is 5.03. The Morgan fingerprint density at radius 1 is 1.40 bits per heavy atom. The molecule has 0 saturated carbocycles. The van der Waals surface area contributed by atoms with E-state index < -0.39 is 23.5 Å². The van der Waals surface area contributed by atoms with Gasteiger partial charge in [0, 0.05) is 0 Å². The topological polar surface area (TPSA) is 78.6 Å². The van der Waals surface area contributed by atoms with E-state index in [1.54, 1.807) is 20.8 Å². The Kier molecular flexibility index (Phi) is 5.00. The smallest absolute Gasteiger partial charge is 0.339 e. The summed E-state index contributed by atoms with van der Waals surface area (Å²) in [6.07, 6.45) is 1.58. The molecule has 1 unspecified atom stereocenters. The molecule has 0 fully saturated rings. The highest BCUT2D eigenvalue weighted by Crippen LogP contribution is 2.14. The summed E-state index contributed by atoms with van der Waals surface area (Å²) in [5.74, 6) is 2.21. The van der Waals surface area contributed by atoms with Crippen LogP contribution >= 0.6 is 0 Å². The van der Waals surface area contributed by atoms with Crippen molar-refractivity contribution in [3.05, 3.63) is 12.7 Å². The minimum absolute atomic E-state index is 0.144. The molecular weight excluding hydrogens is 198 g/mol. The van der Waals surface area contributed by atoms with E-state index in [-0.39, 0.29) is 6.42 Å². The van der Waals surface area contributed by atoms with Crippen molar-refractivity contribution in [3.63, 3.8) is 0 Å². The van der Waals surface area contributed by atoms with Crippen LogP contribution in [0.4, 0.5) is 0 Å². The van der Waals surface area contributed by atoms with Crippen LogP contribution in [0.3, 0.4) is 0 Å². The van der Waals surface area contributed by atoms with Crippen molar-refractivity contribution in [2.24, 2.45) is 11.8 Å². The first-order chi connectivity index (χ1) is 6.81. The fourth-order valence-electron chi connectivity index (χ4n) is 0.910. The summed E-state index contributed by atoms with van der Waals surface area (Å²) in [5, 5.41) is 0. The van der Waals surface area contributed by atoms with Gasteiger partial charge >= 0.3 is 11.9 Å². The Hall–Kier alpha value is -1.36. The molecule has 0 aromatic heterocycles. The molecule has 0 aromatic carbocycles. The average Bonchev–Trinajstić information content (AvgIpc) is 2.10. The van der Waals surface area contributed by atoms with E-state index in [4.69, 9.17) is 10.6 Å². The number of rotatable bonds is 4. The number of allylic oxidation sites excluding steroid dienone is 1. The van der Waals surface area contributed by atoms with Gasteiger partial charge in [-0.25, -0.2) is 4.79 Å².